The summed E-state index contributed by atoms with van der Waals surface area (Å²) in [6.07, 6.45) is 0.198. The van der Waals surface area contributed by atoms with E-state index in [0.717, 1.165) is 0 Å². The molecule has 21 heavy (non-hydrogen) atoms. The molecule has 0 saturated carbocycles. The number of carboxylic acids is 1. The van der Waals surface area contributed by atoms with E-state index in [-0.39, 0.29) is 30.2 Å². The summed E-state index contributed by atoms with van der Waals surface area (Å²) >= 11 is 5.85. The van der Waals surface area contributed by atoms with Crippen molar-refractivity contribution in [2.45, 2.75) is 12.0 Å². The highest BCUT2D eigenvalue weighted by molar-refractivity contribution is 6.32. The van der Waals surface area contributed by atoms with Crippen molar-refractivity contribution in [3.05, 3.63) is 28.8 Å². The number of amides is 2. The molecular weight excluding hydrogens is 298 g/mol. The number of carboxylic acid groups (broad SMARTS) is 1. The Labute approximate surface area is 125 Å². The molecular formula is C13H12ClN3O4. The minimum atomic E-state index is -1.42. The van der Waals surface area contributed by atoms with E-state index in [1.54, 1.807) is 0 Å². The van der Waals surface area contributed by atoms with Crippen molar-refractivity contribution in [1.29, 1.82) is 5.26 Å². The lowest BCUT2D eigenvalue weighted by Crippen LogP contribution is -2.56. The number of benzene rings is 1. The summed E-state index contributed by atoms with van der Waals surface area (Å²) in [6.45, 7) is 0.194. The molecule has 110 valence electrons. The number of carbonyl (C=O) groups is 2. The fourth-order valence-corrected chi connectivity index (χ4v) is 2.17. The van der Waals surface area contributed by atoms with Gasteiger partial charge in [0.2, 0.25) is 0 Å². The first kappa shape index (κ1) is 15.1. The number of urea groups is 1. The summed E-state index contributed by atoms with van der Waals surface area (Å²) in [5.41, 5.74) is -0.773. The van der Waals surface area contributed by atoms with Gasteiger partial charge in [0.1, 0.15) is 6.07 Å². The van der Waals surface area contributed by atoms with Crippen LogP contribution in [-0.4, -0.2) is 35.9 Å². The molecule has 1 unspecified atom stereocenters. The quantitative estimate of drug-likeness (QED) is 0.785. The molecule has 1 aliphatic rings. The highest BCUT2D eigenvalue weighted by Gasteiger charge is 2.44. The van der Waals surface area contributed by atoms with E-state index in [0.29, 0.717) is 5.69 Å². The molecule has 0 radical (unpaired) electrons. The predicted molar refractivity (Wildman–Crippen MR) is 74.1 cm³/mol. The van der Waals surface area contributed by atoms with E-state index >= 15 is 0 Å². The smallest absolute Gasteiger partial charge is 0.332 e. The van der Waals surface area contributed by atoms with Gasteiger partial charge in [-0.1, -0.05) is 11.6 Å². The van der Waals surface area contributed by atoms with E-state index in [2.05, 4.69) is 10.6 Å². The van der Waals surface area contributed by atoms with Crippen LogP contribution in [0.5, 0.6) is 0 Å². The van der Waals surface area contributed by atoms with E-state index < -0.39 is 17.5 Å². The van der Waals surface area contributed by atoms with E-state index in [9.17, 15) is 14.7 Å². The van der Waals surface area contributed by atoms with Crippen molar-refractivity contribution < 1.29 is 19.4 Å². The number of hydrogen-bond acceptors (Lipinski definition) is 4. The molecule has 2 amide bonds. The summed E-state index contributed by atoms with van der Waals surface area (Å²) < 4.78 is 5.04. The largest absolute Gasteiger partial charge is 0.479 e. The lowest BCUT2D eigenvalue weighted by molar-refractivity contribution is -0.144. The van der Waals surface area contributed by atoms with Crippen LogP contribution >= 0.6 is 11.6 Å². The van der Waals surface area contributed by atoms with Gasteiger partial charge in [0.05, 0.1) is 17.2 Å². The van der Waals surface area contributed by atoms with Crippen molar-refractivity contribution in [2.24, 2.45) is 0 Å². The van der Waals surface area contributed by atoms with Crippen LogP contribution in [0.15, 0.2) is 18.2 Å². The van der Waals surface area contributed by atoms with E-state index in [1.807, 2.05) is 6.07 Å². The average molecular weight is 310 g/mol. The second-order valence-corrected chi connectivity index (χ2v) is 4.98. The Morgan fingerprint density at radius 1 is 1.48 bits per heavy atom. The van der Waals surface area contributed by atoms with Gasteiger partial charge in [0, 0.05) is 18.7 Å². The molecule has 0 bridgehead atoms. The zero-order valence-corrected chi connectivity index (χ0v) is 11.6. The number of carbonyl (C=O) groups excluding carboxylic acids is 1. The summed E-state index contributed by atoms with van der Waals surface area (Å²) in [7, 11) is 0. The Kier molecular flexibility index (Phi) is 4.31. The Morgan fingerprint density at radius 3 is 2.76 bits per heavy atom. The topological polar surface area (TPSA) is 111 Å². The van der Waals surface area contributed by atoms with Crippen molar-refractivity contribution in [3.8, 4) is 6.07 Å². The fourth-order valence-electron chi connectivity index (χ4n) is 1.95. The maximum absolute atomic E-state index is 11.9. The normalized spacial score (nSPS) is 20.6. The van der Waals surface area contributed by atoms with Crippen LogP contribution in [0, 0.1) is 11.3 Å². The molecule has 0 aromatic heterocycles. The number of rotatable bonds is 3. The number of nitrogens with one attached hydrogen (secondary N) is 2. The highest BCUT2D eigenvalue weighted by Crippen LogP contribution is 2.22. The van der Waals surface area contributed by atoms with Gasteiger partial charge in [0.15, 0.2) is 5.54 Å². The third kappa shape index (κ3) is 3.24. The predicted octanol–water partition coefficient (Wildman–Crippen LogP) is 1.58. The molecule has 1 atom stereocenters. The molecule has 1 aromatic carbocycles. The summed E-state index contributed by atoms with van der Waals surface area (Å²) in [5, 5.41) is 23.1. The first-order chi connectivity index (χ1) is 9.97. The van der Waals surface area contributed by atoms with Crippen LogP contribution in [0.1, 0.15) is 12.0 Å². The number of anilines is 1. The van der Waals surface area contributed by atoms with Gasteiger partial charge < -0.3 is 20.5 Å². The first-order valence-corrected chi connectivity index (χ1v) is 6.44. The standard InChI is InChI=1S/C13H12ClN3O4/c14-10-5-9(2-1-8(10)6-15)16-12(20)17-13(11(18)19)3-4-21-7-13/h1-2,5H,3-4,7H2,(H,18,19)(H2,16,17,20). The van der Waals surface area contributed by atoms with Gasteiger partial charge >= 0.3 is 12.0 Å². The number of nitrogens with zero attached hydrogens (tertiary/aromatic N) is 1. The van der Waals surface area contributed by atoms with Crippen LogP contribution in [0.25, 0.3) is 0 Å². The van der Waals surface area contributed by atoms with Gasteiger partial charge in [-0.2, -0.15) is 5.26 Å². The Balaban J connectivity index is 2.06. The average Bonchev–Trinajstić information content (AvgIpc) is 2.88. The van der Waals surface area contributed by atoms with Crippen LogP contribution in [0.4, 0.5) is 10.5 Å². The van der Waals surface area contributed by atoms with Crippen molar-refractivity contribution in [1.82, 2.24) is 5.32 Å². The number of ether oxygens (including phenoxy) is 1. The second kappa shape index (κ2) is 5.99. The molecule has 1 saturated heterocycles. The molecule has 3 N–H and O–H groups in total. The lowest BCUT2D eigenvalue weighted by atomic mass is 9.99. The maximum Gasteiger partial charge on any atom is 0.332 e. The zero-order chi connectivity index (χ0) is 15.5. The Hall–Kier alpha value is -2.30. The molecule has 1 fully saturated rings. The van der Waals surface area contributed by atoms with Crippen molar-refractivity contribution >= 4 is 29.3 Å². The highest BCUT2D eigenvalue weighted by atomic mass is 35.5. The fraction of sp³-hybridized carbons (Fsp3) is 0.308. The van der Waals surface area contributed by atoms with Gasteiger partial charge in [-0.05, 0) is 18.2 Å². The third-order valence-electron chi connectivity index (χ3n) is 3.13. The molecule has 2 rings (SSSR count). The van der Waals surface area contributed by atoms with Gasteiger partial charge in [-0.15, -0.1) is 0 Å². The Morgan fingerprint density at radius 2 is 2.24 bits per heavy atom. The van der Waals surface area contributed by atoms with Crippen molar-refractivity contribution in [3.63, 3.8) is 0 Å². The lowest BCUT2D eigenvalue weighted by Gasteiger charge is -2.23. The Bertz CT molecular complexity index is 620. The third-order valence-corrected chi connectivity index (χ3v) is 3.44. The van der Waals surface area contributed by atoms with Crippen LogP contribution in [-0.2, 0) is 9.53 Å². The van der Waals surface area contributed by atoms with E-state index in [4.69, 9.17) is 21.6 Å². The molecule has 8 heteroatoms. The van der Waals surface area contributed by atoms with Crippen LogP contribution in [0.3, 0.4) is 0 Å². The van der Waals surface area contributed by atoms with Gasteiger partial charge in [-0.25, -0.2) is 9.59 Å². The number of halogens is 1. The number of hydrogen-bond donors (Lipinski definition) is 3. The molecule has 1 heterocycles. The molecule has 1 aliphatic heterocycles. The van der Waals surface area contributed by atoms with E-state index in [1.165, 1.54) is 18.2 Å². The number of nitriles is 1. The van der Waals surface area contributed by atoms with Gasteiger partial charge in [0.25, 0.3) is 0 Å². The molecule has 0 aliphatic carbocycles. The second-order valence-electron chi connectivity index (χ2n) is 4.58. The maximum atomic E-state index is 11.9. The first-order valence-electron chi connectivity index (χ1n) is 6.07. The summed E-state index contributed by atoms with van der Waals surface area (Å²) in [4.78, 5) is 23.2. The SMILES string of the molecule is N#Cc1ccc(NC(=O)NC2(C(=O)O)CCOC2)cc1Cl. The minimum absolute atomic E-state index is 0.0795. The molecule has 1 aromatic rings. The van der Waals surface area contributed by atoms with Crippen LogP contribution < -0.4 is 10.6 Å². The summed E-state index contributed by atoms with van der Waals surface area (Å²) in [5.74, 6) is -1.15. The van der Waals surface area contributed by atoms with Gasteiger partial charge in [-0.3, -0.25) is 0 Å². The monoisotopic (exact) mass is 309 g/mol. The molecule has 0 spiro atoms. The molecule has 7 nitrogen and oxygen atoms in total. The summed E-state index contributed by atoms with van der Waals surface area (Å²) in [6, 6.07) is 5.60. The zero-order valence-electron chi connectivity index (χ0n) is 10.9. The number of aliphatic carboxylic acids is 1. The minimum Gasteiger partial charge on any atom is -0.479 e. The van der Waals surface area contributed by atoms with Crippen molar-refractivity contribution in [2.75, 3.05) is 18.5 Å². The van der Waals surface area contributed by atoms with Crippen LogP contribution in [0.2, 0.25) is 5.02 Å².